The van der Waals surface area contributed by atoms with Crippen LogP contribution in [-0.4, -0.2) is 44.2 Å². The van der Waals surface area contributed by atoms with Crippen LogP contribution in [0.1, 0.15) is 20.3 Å². The van der Waals surface area contributed by atoms with E-state index in [1.807, 2.05) is 55.6 Å². The van der Waals surface area contributed by atoms with Gasteiger partial charge in [-0.1, -0.05) is 30.0 Å². The molecule has 8 nitrogen and oxygen atoms in total. The van der Waals surface area contributed by atoms with Gasteiger partial charge < -0.3 is 9.15 Å². The van der Waals surface area contributed by atoms with Crippen LogP contribution in [0.2, 0.25) is 0 Å². The molecule has 10 heteroatoms. The molecule has 31 heavy (non-hydrogen) atoms. The number of aryl methyl sites for hydroxylation is 1. The Morgan fingerprint density at radius 1 is 1.32 bits per heavy atom. The van der Waals surface area contributed by atoms with E-state index in [1.54, 1.807) is 4.90 Å². The molecular weight excluding hydrogens is 436 g/mol. The number of aromatic nitrogens is 2. The summed E-state index contributed by atoms with van der Waals surface area (Å²) in [5.74, 6) is 1.03. The maximum Gasteiger partial charge on any atom is 0.437 e. The van der Waals surface area contributed by atoms with Crippen molar-refractivity contribution >= 4 is 39.9 Å². The number of carbonyl (C=O) groups is 1. The van der Waals surface area contributed by atoms with Gasteiger partial charge in [0.05, 0.1) is 18.0 Å². The zero-order chi connectivity index (χ0) is 21.8. The van der Waals surface area contributed by atoms with Crippen molar-refractivity contribution in [1.82, 2.24) is 14.7 Å². The minimum Gasteiger partial charge on any atom is -0.492 e. The first-order valence-electron chi connectivity index (χ1n) is 9.94. The summed E-state index contributed by atoms with van der Waals surface area (Å²) in [6.07, 6.45) is 0.118. The summed E-state index contributed by atoms with van der Waals surface area (Å²) in [6, 6.07) is 11.2. The maximum atomic E-state index is 13.0. The molecular formula is C21H22N4O4S2. The van der Waals surface area contributed by atoms with E-state index in [0.717, 1.165) is 10.6 Å². The van der Waals surface area contributed by atoms with E-state index in [9.17, 15) is 9.59 Å². The van der Waals surface area contributed by atoms with E-state index in [-0.39, 0.29) is 30.8 Å². The third-order valence-corrected chi connectivity index (χ3v) is 6.68. The molecule has 162 valence electrons. The fraction of sp³-hybridized carbons (Fsp3) is 0.333. The van der Waals surface area contributed by atoms with E-state index in [2.05, 4.69) is 5.10 Å². The van der Waals surface area contributed by atoms with Gasteiger partial charge >= 0.3 is 5.76 Å². The summed E-state index contributed by atoms with van der Waals surface area (Å²) in [6.45, 7) is 4.58. The lowest BCUT2D eigenvalue weighted by Gasteiger charge is -2.21. The van der Waals surface area contributed by atoms with Crippen molar-refractivity contribution in [3.05, 3.63) is 52.3 Å². The highest BCUT2D eigenvalue weighted by Crippen LogP contribution is 2.32. The quantitative estimate of drug-likeness (QED) is 0.532. The number of para-hydroxylation sites is 2. The van der Waals surface area contributed by atoms with Crippen LogP contribution < -0.4 is 10.5 Å². The number of hydrogen-bond donors (Lipinski definition) is 0. The molecule has 1 saturated heterocycles. The second kappa shape index (κ2) is 9.52. The lowest BCUT2D eigenvalue weighted by Crippen LogP contribution is -2.38. The van der Waals surface area contributed by atoms with Gasteiger partial charge in [0.25, 0.3) is 5.89 Å². The van der Waals surface area contributed by atoms with Gasteiger partial charge in [0.1, 0.15) is 11.4 Å². The van der Waals surface area contributed by atoms with Crippen molar-refractivity contribution < 1.29 is 13.9 Å². The van der Waals surface area contributed by atoms with E-state index in [1.165, 1.54) is 27.8 Å². The number of carbonyl (C=O) groups excluding carboxylic acids is 1. The number of hydrogen-bond acceptors (Lipinski definition) is 8. The molecule has 1 unspecified atom stereocenters. The van der Waals surface area contributed by atoms with Gasteiger partial charge in [-0.2, -0.15) is 4.68 Å². The lowest BCUT2D eigenvalue weighted by molar-refractivity contribution is -0.128. The number of thioether (sulfide) groups is 1. The zero-order valence-corrected chi connectivity index (χ0v) is 18.8. The molecule has 3 heterocycles. The number of benzene rings is 1. The first-order chi connectivity index (χ1) is 15.1. The van der Waals surface area contributed by atoms with Crippen LogP contribution in [-0.2, 0) is 11.3 Å². The Kier molecular flexibility index (Phi) is 6.57. The van der Waals surface area contributed by atoms with Crippen LogP contribution in [0.15, 0.2) is 56.0 Å². The summed E-state index contributed by atoms with van der Waals surface area (Å²) in [5.41, 5.74) is 0.687. The average Bonchev–Trinajstić information content (AvgIpc) is 3.49. The smallest absolute Gasteiger partial charge is 0.437 e. The Hall–Kier alpha value is -2.85. The Bertz CT molecular complexity index is 1140. The zero-order valence-electron chi connectivity index (χ0n) is 17.2. The van der Waals surface area contributed by atoms with E-state index in [4.69, 9.17) is 14.1 Å². The molecule has 0 spiro atoms. The normalized spacial score (nSPS) is 17.4. The highest BCUT2D eigenvalue weighted by Gasteiger charge is 2.32. The van der Waals surface area contributed by atoms with Gasteiger partial charge in [0, 0.05) is 18.2 Å². The molecule has 1 aliphatic rings. The second-order valence-corrected chi connectivity index (χ2v) is 8.78. The molecule has 3 aromatic rings. The third kappa shape index (κ3) is 4.75. The Labute approximate surface area is 187 Å². The van der Waals surface area contributed by atoms with Crippen LogP contribution in [0.5, 0.6) is 5.75 Å². The lowest BCUT2D eigenvalue weighted by atomic mass is 10.3. The monoisotopic (exact) mass is 458 g/mol. The summed E-state index contributed by atoms with van der Waals surface area (Å²) in [4.78, 5) is 32.3. The van der Waals surface area contributed by atoms with Crippen molar-refractivity contribution in [2.75, 3.05) is 12.4 Å². The molecule has 2 aromatic heterocycles. The molecule has 0 radical (unpaired) electrons. The highest BCUT2D eigenvalue weighted by atomic mass is 32.2. The third-order valence-electron chi connectivity index (χ3n) is 4.63. The van der Waals surface area contributed by atoms with Gasteiger partial charge in [-0.05, 0) is 37.4 Å². The van der Waals surface area contributed by atoms with Gasteiger partial charge in [0.15, 0.2) is 5.17 Å². The molecule has 1 aliphatic heterocycles. The molecule has 1 amide bonds. The van der Waals surface area contributed by atoms with Gasteiger partial charge in [0.2, 0.25) is 5.91 Å². The number of amidine groups is 1. The molecule has 0 bridgehead atoms. The van der Waals surface area contributed by atoms with E-state index >= 15 is 0 Å². The number of ether oxygens (including phenoxy) is 1. The minimum atomic E-state index is -0.570. The molecule has 4 rings (SSSR count). The van der Waals surface area contributed by atoms with Gasteiger partial charge in [-0.25, -0.2) is 9.79 Å². The molecule has 1 aromatic carbocycles. The number of thiophene rings is 1. The summed E-state index contributed by atoms with van der Waals surface area (Å²) in [5, 5.41) is 6.73. The summed E-state index contributed by atoms with van der Waals surface area (Å²) in [7, 11) is 0. The summed E-state index contributed by atoms with van der Waals surface area (Å²) >= 11 is 2.97. The SMILES string of the molecule is CCOc1ccccc1N=C1SCC(C)N1C(=O)CCn1nc(-c2cccs2)oc1=O. The largest absolute Gasteiger partial charge is 0.492 e. The topological polar surface area (TPSA) is 89.9 Å². The highest BCUT2D eigenvalue weighted by molar-refractivity contribution is 8.14. The van der Waals surface area contributed by atoms with Gasteiger partial charge in [-0.3, -0.25) is 9.69 Å². The van der Waals surface area contributed by atoms with Gasteiger partial charge in [-0.15, -0.1) is 16.4 Å². The molecule has 1 fully saturated rings. The average molecular weight is 459 g/mol. The standard InChI is InChI=1S/C21H22N4O4S2/c1-3-28-16-8-5-4-7-15(16)22-20-25(14(2)13-31-20)18(26)10-11-24-21(27)29-19(23-24)17-9-6-12-30-17/h4-9,12,14H,3,10-11,13H2,1-2H3. The predicted octanol–water partition coefficient (Wildman–Crippen LogP) is 4.01. The second-order valence-electron chi connectivity index (χ2n) is 6.84. The molecule has 1 atom stereocenters. The van der Waals surface area contributed by atoms with Crippen LogP contribution in [0.3, 0.4) is 0 Å². The number of rotatable bonds is 7. The van der Waals surface area contributed by atoms with Crippen LogP contribution in [0, 0.1) is 0 Å². The van der Waals surface area contributed by atoms with Crippen molar-refractivity contribution in [2.45, 2.75) is 32.9 Å². The number of aliphatic imine (C=N–C) groups is 1. The first kappa shape index (κ1) is 21.4. The fourth-order valence-electron chi connectivity index (χ4n) is 3.17. The van der Waals surface area contributed by atoms with Crippen molar-refractivity contribution in [1.29, 1.82) is 0 Å². The number of amides is 1. The van der Waals surface area contributed by atoms with E-state index in [0.29, 0.717) is 23.2 Å². The predicted molar refractivity (Wildman–Crippen MR) is 122 cm³/mol. The molecule has 0 saturated carbocycles. The Balaban J connectivity index is 1.49. The minimum absolute atomic E-state index is 0.00576. The van der Waals surface area contributed by atoms with E-state index < -0.39 is 5.76 Å². The first-order valence-corrected chi connectivity index (χ1v) is 11.8. The van der Waals surface area contributed by atoms with Crippen molar-refractivity contribution in [3.63, 3.8) is 0 Å². The van der Waals surface area contributed by atoms with Crippen LogP contribution >= 0.6 is 23.1 Å². The van der Waals surface area contributed by atoms with Crippen LogP contribution in [0.4, 0.5) is 5.69 Å². The summed E-state index contributed by atoms with van der Waals surface area (Å²) < 4.78 is 12.1. The van der Waals surface area contributed by atoms with Crippen molar-refractivity contribution in [3.8, 4) is 16.5 Å². The Morgan fingerprint density at radius 3 is 2.94 bits per heavy atom. The number of nitrogens with zero attached hydrogens (tertiary/aromatic N) is 4. The maximum absolute atomic E-state index is 13.0. The molecule has 0 aliphatic carbocycles. The van der Waals surface area contributed by atoms with Crippen molar-refractivity contribution in [2.24, 2.45) is 4.99 Å². The molecule has 0 N–H and O–H groups in total. The van der Waals surface area contributed by atoms with Crippen LogP contribution in [0.25, 0.3) is 10.8 Å². The fourth-order valence-corrected chi connectivity index (χ4v) is 4.93. The Morgan fingerprint density at radius 2 is 2.16 bits per heavy atom.